The minimum absolute atomic E-state index is 0.0722. The predicted octanol–water partition coefficient (Wildman–Crippen LogP) is 1.72. The van der Waals surface area contributed by atoms with Crippen LogP contribution in [0.4, 0.5) is 0 Å². The van der Waals surface area contributed by atoms with Crippen molar-refractivity contribution >= 4 is 33.1 Å². The zero-order chi connectivity index (χ0) is 18.2. The Balaban J connectivity index is 1.53. The maximum atomic E-state index is 12.2. The van der Waals surface area contributed by atoms with E-state index in [1.165, 1.54) is 21.8 Å². The lowest BCUT2D eigenvalue weighted by Gasteiger charge is -2.23. The maximum absolute atomic E-state index is 12.2. The van der Waals surface area contributed by atoms with Crippen LogP contribution in [0.15, 0.2) is 6.07 Å². The average Bonchev–Trinajstić information content (AvgIpc) is 3.04. The van der Waals surface area contributed by atoms with Gasteiger partial charge in [0, 0.05) is 4.88 Å². The Morgan fingerprint density at radius 2 is 2.20 bits per heavy atom. The summed E-state index contributed by atoms with van der Waals surface area (Å²) in [4.78, 5) is 26.0. The van der Waals surface area contributed by atoms with Gasteiger partial charge in [0.15, 0.2) is 16.4 Å². The van der Waals surface area contributed by atoms with Crippen molar-refractivity contribution in [2.75, 3.05) is 18.1 Å². The van der Waals surface area contributed by atoms with Crippen LogP contribution in [-0.4, -0.2) is 43.9 Å². The number of fused-ring (bicyclic) bond motifs is 1. The first-order chi connectivity index (χ1) is 11.7. The Morgan fingerprint density at radius 3 is 2.88 bits per heavy atom. The summed E-state index contributed by atoms with van der Waals surface area (Å²) in [6, 6.07) is 1.88. The number of esters is 1. The van der Waals surface area contributed by atoms with Gasteiger partial charge in [-0.15, -0.1) is 11.3 Å². The third kappa shape index (κ3) is 4.41. The molecule has 0 bridgehead atoms. The number of sulfone groups is 1. The molecule has 1 aromatic rings. The number of ether oxygens (including phenoxy) is 1. The van der Waals surface area contributed by atoms with Crippen LogP contribution in [0, 0.1) is 5.92 Å². The van der Waals surface area contributed by atoms with Crippen LogP contribution in [-0.2, 0) is 32.2 Å². The molecule has 2 aliphatic rings. The van der Waals surface area contributed by atoms with Crippen molar-refractivity contribution in [3.63, 3.8) is 0 Å². The van der Waals surface area contributed by atoms with Gasteiger partial charge in [-0.05, 0) is 50.2 Å². The van der Waals surface area contributed by atoms with Crippen molar-refractivity contribution in [1.29, 1.82) is 0 Å². The maximum Gasteiger partial charge on any atom is 0.348 e. The third-order valence-electron chi connectivity index (χ3n) is 4.81. The molecule has 0 radical (unpaired) electrons. The number of amides is 1. The first-order valence-corrected chi connectivity index (χ1v) is 11.1. The minimum atomic E-state index is -3.10. The molecule has 1 amide bonds. The van der Waals surface area contributed by atoms with Gasteiger partial charge in [0.25, 0.3) is 5.91 Å². The molecule has 25 heavy (non-hydrogen) atoms. The van der Waals surface area contributed by atoms with Crippen molar-refractivity contribution in [3.8, 4) is 0 Å². The lowest BCUT2D eigenvalue weighted by atomic mass is 9.90. The lowest BCUT2D eigenvalue weighted by molar-refractivity contribution is -0.125. The fourth-order valence-corrected chi connectivity index (χ4v) is 6.69. The molecule has 1 N–H and O–H groups in total. The van der Waals surface area contributed by atoms with Crippen molar-refractivity contribution in [2.24, 2.45) is 5.92 Å². The first kappa shape index (κ1) is 18.4. The molecule has 2 atom stereocenters. The number of rotatable bonds is 4. The SMILES string of the molecule is C[C@@H]1CCc2sc(C(=O)OCC(=O)N[C@@]3(C)CCS(=O)(=O)C3)cc2C1. The second-order valence-electron chi connectivity index (χ2n) is 7.43. The van der Waals surface area contributed by atoms with Gasteiger partial charge in [0.1, 0.15) is 4.88 Å². The number of hydrogen-bond acceptors (Lipinski definition) is 6. The van der Waals surface area contributed by atoms with Gasteiger partial charge in [0.05, 0.1) is 17.0 Å². The molecule has 1 saturated heterocycles. The summed E-state index contributed by atoms with van der Waals surface area (Å²) in [5.41, 5.74) is 0.435. The summed E-state index contributed by atoms with van der Waals surface area (Å²) in [6.07, 6.45) is 3.48. The van der Waals surface area contributed by atoms with E-state index in [0.29, 0.717) is 17.2 Å². The first-order valence-electron chi connectivity index (χ1n) is 8.46. The number of nitrogens with one attached hydrogen (secondary N) is 1. The Morgan fingerprint density at radius 1 is 1.44 bits per heavy atom. The highest BCUT2D eigenvalue weighted by atomic mass is 32.2. The van der Waals surface area contributed by atoms with Crippen LogP contribution in [0.3, 0.4) is 0 Å². The molecule has 0 spiro atoms. The van der Waals surface area contributed by atoms with Crippen molar-refractivity contribution in [3.05, 3.63) is 21.4 Å². The van der Waals surface area contributed by atoms with Gasteiger partial charge in [-0.25, -0.2) is 13.2 Å². The number of thiophene rings is 1. The van der Waals surface area contributed by atoms with Crippen LogP contribution < -0.4 is 5.32 Å². The standard InChI is InChI=1S/C17H23NO5S2/c1-11-3-4-13-12(7-11)8-14(24-13)16(20)23-9-15(19)18-17(2)5-6-25(21,22)10-17/h8,11H,3-7,9-10H2,1-2H3,(H,18,19)/t11-,17+/m1/s1. The molecule has 0 unspecified atom stereocenters. The zero-order valence-corrected chi connectivity index (χ0v) is 16.1. The second kappa shape index (κ2) is 6.72. The second-order valence-corrected chi connectivity index (χ2v) is 10.8. The van der Waals surface area contributed by atoms with Gasteiger partial charge in [-0.3, -0.25) is 4.79 Å². The summed E-state index contributed by atoms with van der Waals surface area (Å²) >= 11 is 1.44. The zero-order valence-electron chi connectivity index (χ0n) is 14.5. The Kier molecular flexibility index (Phi) is 4.94. The molecular weight excluding hydrogens is 362 g/mol. The van der Waals surface area contributed by atoms with Crippen molar-refractivity contribution in [2.45, 2.75) is 45.1 Å². The van der Waals surface area contributed by atoms with Crippen LogP contribution in [0.2, 0.25) is 0 Å². The highest BCUT2D eigenvalue weighted by Crippen LogP contribution is 2.32. The summed E-state index contributed by atoms with van der Waals surface area (Å²) in [6.45, 7) is 3.51. The molecule has 138 valence electrons. The van der Waals surface area contributed by atoms with E-state index in [2.05, 4.69) is 12.2 Å². The summed E-state index contributed by atoms with van der Waals surface area (Å²) in [7, 11) is -3.10. The van der Waals surface area contributed by atoms with E-state index in [1.54, 1.807) is 6.92 Å². The molecule has 3 rings (SSSR count). The highest BCUT2D eigenvalue weighted by molar-refractivity contribution is 7.91. The Bertz CT molecular complexity index is 798. The van der Waals surface area contributed by atoms with Gasteiger partial charge in [0.2, 0.25) is 0 Å². The quantitative estimate of drug-likeness (QED) is 0.797. The van der Waals surface area contributed by atoms with Crippen LogP contribution in [0.1, 0.15) is 46.8 Å². The van der Waals surface area contributed by atoms with E-state index in [9.17, 15) is 18.0 Å². The summed E-state index contributed by atoms with van der Waals surface area (Å²) in [5.74, 6) is -0.340. The number of carbonyl (C=O) groups is 2. The smallest absolute Gasteiger partial charge is 0.348 e. The molecular formula is C17H23NO5S2. The van der Waals surface area contributed by atoms with E-state index in [-0.39, 0.29) is 11.5 Å². The van der Waals surface area contributed by atoms with Crippen LogP contribution in [0.5, 0.6) is 0 Å². The van der Waals surface area contributed by atoms with Crippen LogP contribution >= 0.6 is 11.3 Å². The Hall–Kier alpha value is -1.41. The lowest BCUT2D eigenvalue weighted by Crippen LogP contribution is -2.48. The molecule has 2 heterocycles. The molecule has 1 aliphatic heterocycles. The van der Waals surface area contributed by atoms with Crippen molar-refractivity contribution < 1.29 is 22.7 Å². The molecule has 0 aromatic carbocycles. The molecule has 6 nitrogen and oxygen atoms in total. The van der Waals surface area contributed by atoms with E-state index in [0.717, 1.165) is 19.3 Å². The number of hydrogen-bond donors (Lipinski definition) is 1. The summed E-state index contributed by atoms with van der Waals surface area (Å²) < 4.78 is 28.2. The van der Waals surface area contributed by atoms with E-state index >= 15 is 0 Å². The van der Waals surface area contributed by atoms with E-state index in [1.807, 2.05) is 6.07 Å². The predicted molar refractivity (Wildman–Crippen MR) is 95.6 cm³/mol. The van der Waals surface area contributed by atoms with Gasteiger partial charge >= 0.3 is 5.97 Å². The summed E-state index contributed by atoms with van der Waals surface area (Å²) in [5, 5.41) is 2.68. The van der Waals surface area contributed by atoms with Gasteiger partial charge in [-0.2, -0.15) is 0 Å². The number of carbonyl (C=O) groups excluding carboxylic acids is 2. The minimum Gasteiger partial charge on any atom is -0.451 e. The monoisotopic (exact) mass is 385 g/mol. The largest absolute Gasteiger partial charge is 0.451 e. The van der Waals surface area contributed by atoms with E-state index < -0.39 is 33.9 Å². The Labute approximate surface area is 151 Å². The van der Waals surface area contributed by atoms with Gasteiger partial charge in [-0.1, -0.05) is 6.92 Å². The fraction of sp³-hybridized carbons (Fsp3) is 0.647. The fourth-order valence-electron chi connectivity index (χ4n) is 3.49. The average molecular weight is 386 g/mol. The third-order valence-corrected chi connectivity index (χ3v) is 7.93. The van der Waals surface area contributed by atoms with E-state index in [4.69, 9.17) is 4.74 Å². The molecule has 0 saturated carbocycles. The number of aryl methyl sites for hydroxylation is 1. The molecule has 1 fully saturated rings. The normalized spacial score (nSPS) is 27.5. The molecule has 1 aromatic heterocycles. The topological polar surface area (TPSA) is 89.5 Å². The van der Waals surface area contributed by atoms with Crippen LogP contribution in [0.25, 0.3) is 0 Å². The van der Waals surface area contributed by atoms with Crippen molar-refractivity contribution in [1.82, 2.24) is 5.32 Å². The molecule has 1 aliphatic carbocycles. The molecule has 8 heteroatoms. The highest BCUT2D eigenvalue weighted by Gasteiger charge is 2.39. The van der Waals surface area contributed by atoms with Gasteiger partial charge < -0.3 is 10.1 Å².